The first-order valence-corrected chi connectivity index (χ1v) is 6.07. The lowest BCUT2D eigenvalue weighted by Crippen LogP contribution is -2.43. The summed E-state index contributed by atoms with van der Waals surface area (Å²) in [6.45, 7) is 10.2. The summed E-state index contributed by atoms with van der Waals surface area (Å²) >= 11 is 0. The zero-order chi connectivity index (χ0) is 12.6. The van der Waals surface area contributed by atoms with Crippen LogP contribution >= 0.6 is 0 Å². The minimum atomic E-state index is -0.0205. The molecule has 16 heavy (non-hydrogen) atoms. The summed E-state index contributed by atoms with van der Waals surface area (Å²) in [6, 6.07) is 0.250. The van der Waals surface area contributed by atoms with E-state index in [-0.39, 0.29) is 12.1 Å². The predicted octanol–water partition coefficient (Wildman–Crippen LogP) is 2.10. The summed E-state index contributed by atoms with van der Waals surface area (Å²) < 4.78 is 5.16. The van der Waals surface area contributed by atoms with Gasteiger partial charge in [0.05, 0.1) is 6.61 Å². The number of ether oxygens (including phenoxy) is 1. The van der Waals surface area contributed by atoms with Gasteiger partial charge in [-0.05, 0) is 26.2 Å². The van der Waals surface area contributed by atoms with Crippen LogP contribution in [-0.4, -0.2) is 43.8 Å². The number of carbonyl (C=O) groups is 1. The Labute approximate surface area is 99.3 Å². The number of rotatable bonds is 7. The first kappa shape index (κ1) is 15.2. The van der Waals surface area contributed by atoms with Crippen molar-refractivity contribution in [2.24, 2.45) is 5.92 Å². The quantitative estimate of drug-likeness (QED) is 0.680. The van der Waals surface area contributed by atoms with Gasteiger partial charge in [0.15, 0.2) is 0 Å². The number of nitrogens with zero attached hydrogens (tertiary/aromatic N) is 1. The van der Waals surface area contributed by atoms with Gasteiger partial charge < -0.3 is 15.0 Å². The Morgan fingerprint density at radius 1 is 1.38 bits per heavy atom. The lowest BCUT2D eigenvalue weighted by Gasteiger charge is -2.26. The van der Waals surface area contributed by atoms with Crippen LogP contribution in [0, 0.1) is 5.92 Å². The molecule has 0 radical (unpaired) electrons. The number of amides is 2. The van der Waals surface area contributed by atoms with Gasteiger partial charge in [0.1, 0.15) is 0 Å². The topological polar surface area (TPSA) is 41.6 Å². The fourth-order valence-electron chi connectivity index (χ4n) is 1.54. The normalized spacial score (nSPS) is 12.6. The third-order valence-electron chi connectivity index (χ3n) is 2.52. The second-order valence-electron chi connectivity index (χ2n) is 4.52. The van der Waals surface area contributed by atoms with Crippen molar-refractivity contribution in [3.05, 3.63) is 0 Å². The van der Waals surface area contributed by atoms with Crippen molar-refractivity contribution in [1.29, 1.82) is 0 Å². The minimum Gasteiger partial charge on any atom is -0.380 e. The Hall–Kier alpha value is -0.770. The number of nitrogens with one attached hydrogen (secondary N) is 1. The first-order valence-electron chi connectivity index (χ1n) is 6.07. The highest BCUT2D eigenvalue weighted by atomic mass is 16.5. The fourth-order valence-corrected chi connectivity index (χ4v) is 1.54. The van der Waals surface area contributed by atoms with Gasteiger partial charge >= 0.3 is 6.03 Å². The molecular formula is C12H26N2O2. The Morgan fingerprint density at radius 3 is 2.50 bits per heavy atom. The molecule has 0 fully saturated rings. The van der Waals surface area contributed by atoms with E-state index in [1.165, 1.54) is 0 Å². The van der Waals surface area contributed by atoms with Crippen LogP contribution in [0.1, 0.15) is 34.1 Å². The standard InChI is InChI=1S/C12H26N2O2/c1-6-16-8-7-13-12(15)14(5)11(4)9-10(2)3/h10-11H,6-9H2,1-5H3,(H,13,15)/t11-/m0/s1. The molecule has 0 saturated heterocycles. The van der Waals surface area contributed by atoms with Crippen LogP contribution in [0.2, 0.25) is 0 Å². The summed E-state index contributed by atoms with van der Waals surface area (Å²) in [4.78, 5) is 13.4. The third-order valence-corrected chi connectivity index (χ3v) is 2.52. The van der Waals surface area contributed by atoms with Crippen molar-refractivity contribution in [3.63, 3.8) is 0 Å². The van der Waals surface area contributed by atoms with Crippen molar-refractivity contribution in [2.75, 3.05) is 26.8 Å². The van der Waals surface area contributed by atoms with Gasteiger partial charge in [-0.15, -0.1) is 0 Å². The molecule has 0 heterocycles. The van der Waals surface area contributed by atoms with E-state index in [9.17, 15) is 4.79 Å². The second kappa shape index (κ2) is 8.39. The summed E-state index contributed by atoms with van der Waals surface area (Å²) in [5.41, 5.74) is 0. The van der Waals surface area contributed by atoms with Crippen molar-refractivity contribution >= 4 is 6.03 Å². The van der Waals surface area contributed by atoms with E-state index in [0.717, 1.165) is 6.42 Å². The van der Waals surface area contributed by atoms with Gasteiger partial charge in [-0.25, -0.2) is 4.79 Å². The van der Waals surface area contributed by atoms with E-state index in [1.54, 1.807) is 4.90 Å². The van der Waals surface area contributed by atoms with E-state index in [4.69, 9.17) is 4.74 Å². The molecule has 96 valence electrons. The van der Waals surface area contributed by atoms with Crippen LogP contribution in [0.4, 0.5) is 4.79 Å². The van der Waals surface area contributed by atoms with Gasteiger partial charge in [-0.1, -0.05) is 13.8 Å². The molecule has 0 aromatic carbocycles. The highest BCUT2D eigenvalue weighted by molar-refractivity contribution is 5.74. The average Bonchev–Trinajstić information content (AvgIpc) is 2.22. The summed E-state index contributed by atoms with van der Waals surface area (Å²) in [6.07, 6.45) is 1.02. The lowest BCUT2D eigenvalue weighted by atomic mass is 10.0. The number of carbonyl (C=O) groups excluding carboxylic acids is 1. The Bertz CT molecular complexity index is 195. The fraction of sp³-hybridized carbons (Fsp3) is 0.917. The van der Waals surface area contributed by atoms with Crippen molar-refractivity contribution in [2.45, 2.75) is 40.2 Å². The molecule has 4 nitrogen and oxygen atoms in total. The lowest BCUT2D eigenvalue weighted by molar-refractivity contribution is 0.144. The number of urea groups is 1. The van der Waals surface area contributed by atoms with Gasteiger partial charge in [0, 0.05) is 26.2 Å². The van der Waals surface area contributed by atoms with Crippen LogP contribution in [0.5, 0.6) is 0 Å². The van der Waals surface area contributed by atoms with E-state index >= 15 is 0 Å². The molecule has 4 heteroatoms. The zero-order valence-electron chi connectivity index (χ0n) is 11.2. The molecule has 2 amide bonds. The third kappa shape index (κ3) is 6.67. The van der Waals surface area contributed by atoms with Crippen molar-refractivity contribution in [3.8, 4) is 0 Å². The Balaban J connectivity index is 3.79. The smallest absolute Gasteiger partial charge is 0.317 e. The second-order valence-corrected chi connectivity index (χ2v) is 4.52. The molecule has 0 unspecified atom stereocenters. The predicted molar refractivity (Wildman–Crippen MR) is 66.6 cm³/mol. The van der Waals surface area contributed by atoms with E-state index in [2.05, 4.69) is 26.1 Å². The first-order chi connectivity index (χ1) is 7.49. The van der Waals surface area contributed by atoms with Crippen LogP contribution in [0.3, 0.4) is 0 Å². The number of hydrogen-bond acceptors (Lipinski definition) is 2. The van der Waals surface area contributed by atoms with Crippen LogP contribution in [0.15, 0.2) is 0 Å². The van der Waals surface area contributed by atoms with Crippen LogP contribution in [-0.2, 0) is 4.74 Å². The molecule has 0 aromatic rings. The maximum Gasteiger partial charge on any atom is 0.317 e. The van der Waals surface area contributed by atoms with Crippen molar-refractivity contribution < 1.29 is 9.53 Å². The van der Waals surface area contributed by atoms with Gasteiger partial charge in [0.25, 0.3) is 0 Å². The molecular weight excluding hydrogens is 204 g/mol. The minimum absolute atomic E-state index is 0.0205. The summed E-state index contributed by atoms with van der Waals surface area (Å²) in [7, 11) is 1.84. The SMILES string of the molecule is CCOCCNC(=O)N(C)[C@@H](C)CC(C)C. The van der Waals surface area contributed by atoms with E-state index in [0.29, 0.717) is 25.7 Å². The zero-order valence-corrected chi connectivity index (χ0v) is 11.2. The Kier molecular flexibility index (Phi) is 7.99. The molecule has 1 atom stereocenters. The van der Waals surface area contributed by atoms with E-state index in [1.807, 2.05) is 14.0 Å². The maximum atomic E-state index is 11.7. The summed E-state index contributed by atoms with van der Waals surface area (Å²) in [5.74, 6) is 0.605. The monoisotopic (exact) mass is 230 g/mol. The molecule has 0 aliphatic heterocycles. The summed E-state index contributed by atoms with van der Waals surface area (Å²) in [5, 5.41) is 2.83. The van der Waals surface area contributed by atoms with E-state index < -0.39 is 0 Å². The van der Waals surface area contributed by atoms with Gasteiger partial charge in [-0.3, -0.25) is 0 Å². The molecule has 0 aliphatic rings. The molecule has 1 N–H and O–H groups in total. The maximum absolute atomic E-state index is 11.7. The largest absolute Gasteiger partial charge is 0.380 e. The highest BCUT2D eigenvalue weighted by Gasteiger charge is 2.15. The van der Waals surface area contributed by atoms with Crippen LogP contribution < -0.4 is 5.32 Å². The van der Waals surface area contributed by atoms with Crippen molar-refractivity contribution in [1.82, 2.24) is 10.2 Å². The molecule has 0 saturated carbocycles. The average molecular weight is 230 g/mol. The number of hydrogen-bond donors (Lipinski definition) is 1. The van der Waals surface area contributed by atoms with Gasteiger partial charge in [-0.2, -0.15) is 0 Å². The molecule has 0 aliphatic carbocycles. The van der Waals surface area contributed by atoms with Crippen LogP contribution in [0.25, 0.3) is 0 Å². The molecule has 0 aromatic heterocycles. The molecule has 0 rings (SSSR count). The highest BCUT2D eigenvalue weighted by Crippen LogP contribution is 2.09. The molecule has 0 bridgehead atoms. The molecule has 0 spiro atoms. The Morgan fingerprint density at radius 2 is 2.00 bits per heavy atom. The van der Waals surface area contributed by atoms with Gasteiger partial charge in [0.2, 0.25) is 0 Å².